The molecular formula is C28H29N3O4S. The number of likely N-dealkylation sites (tertiary alicyclic amines) is 1. The molecule has 0 spiro atoms. The average Bonchev–Trinajstić information content (AvgIpc) is 3.36. The molecule has 1 aromatic heterocycles. The van der Waals surface area contributed by atoms with Crippen LogP contribution < -0.4 is 4.74 Å². The monoisotopic (exact) mass is 503 g/mol. The summed E-state index contributed by atoms with van der Waals surface area (Å²) in [6, 6.07) is 17.1. The van der Waals surface area contributed by atoms with E-state index < -0.39 is 0 Å². The smallest absolute Gasteiger partial charge is 0.293 e. The third kappa shape index (κ3) is 5.18. The zero-order valence-corrected chi connectivity index (χ0v) is 21.1. The molecule has 2 saturated heterocycles. The molecule has 36 heavy (non-hydrogen) atoms. The largest absolute Gasteiger partial charge is 0.492 e. The number of hydrogen-bond acceptors (Lipinski definition) is 5. The van der Waals surface area contributed by atoms with Gasteiger partial charge in [-0.15, -0.1) is 0 Å². The van der Waals surface area contributed by atoms with Gasteiger partial charge in [-0.25, -0.2) is 0 Å². The second-order valence-corrected chi connectivity index (χ2v) is 10.3. The van der Waals surface area contributed by atoms with Crippen molar-refractivity contribution in [2.24, 2.45) is 5.92 Å². The van der Waals surface area contributed by atoms with E-state index in [0.717, 1.165) is 54.2 Å². The first-order chi connectivity index (χ1) is 17.5. The molecule has 0 aliphatic carbocycles. The number of piperidine rings is 1. The van der Waals surface area contributed by atoms with Gasteiger partial charge in [0.15, 0.2) is 0 Å². The van der Waals surface area contributed by atoms with Gasteiger partial charge in [0.2, 0.25) is 5.91 Å². The molecule has 3 amide bonds. The zero-order chi connectivity index (χ0) is 25.1. The normalized spacial score (nSPS) is 18.0. The topological polar surface area (TPSA) is 71.8 Å². The molecule has 0 atom stereocenters. The molecule has 3 heterocycles. The minimum Gasteiger partial charge on any atom is -0.492 e. The summed E-state index contributed by atoms with van der Waals surface area (Å²) in [4.78, 5) is 42.1. The van der Waals surface area contributed by atoms with Crippen molar-refractivity contribution in [1.82, 2.24) is 14.4 Å². The summed E-state index contributed by atoms with van der Waals surface area (Å²) in [6.07, 6.45) is 5.74. The number of fused-ring (bicyclic) bond motifs is 1. The van der Waals surface area contributed by atoms with Gasteiger partial charge in [-0.1, -0.05) is 43.3 Å². The minimum atomic E-state index is -0.322. The second kappa shape index (κ2) is 10.6. The molecule has 2 aromatic carbocycles. The molecule has 0 N–H and O–H groups in total. The SMILES string of the molecule is CC1CCN(C(=O)Cn2cc(/C=C3\SC(=O)N(CCOc4ccccc4)C3=O)c3ccccc32)CC1. The van der Waals surface area contributed by atoms with Gasteiger partial charge >= 0.3 is 0 Å². The number of imide groups is 1. The van der Waals surface area contributed by atoms with Crippen LogP contribution in [0.5, 0.6) is 5.75 Å². The summed E-state index contributed by atoms with van der Waals surface area (Å²) >= 11 is 0.936. The maximum absolute atomic E-state index is 13.0. The van der Waals surface area contributed by atoms with E-state index in [9.17, 15) is 14.4 Å². The number of thioether (sulfide) groups is 1. The standard InChI is InChI=1S/C28H29N3O4S/c1-20-11-13-29(14-12-20)26(32)19-30-18-21(23-9-5-6-10-24(23)30)17-25-27(33)31(28(34)36-25)15-16-35-22-7-3-2-4-8-22/h2-10,17-18,20H,11-16,19H2,1H3/b25-17-. The van der Waals surface area contributed by atoms with Crippen molar-refractivity contribution in [1.29, 1.82) is 0 Å². The molecule has 3 aromatic rings. The lowest BCUT2D eigenvalue weighted by Crippen LogP contribution is -2.39. The van der Waals surface area contributed by atoms with E-state index in [-0.39, 0.29) is 36.7 Å². The molecule has 5 rings (SSSR count). The molecule has 0 radical (unpaired) electrons. The van der Waals surface area contributed by atoms with Crippen LogP contribution in [0.15, 0.2) is 65.7 Å². The minimum absolute atomic E-state index is 0.105. The summed E-state index contributed by atoms with van der Waals surface area (Å²) in [6.45, 7) is 4.49. The maximum atomic E-state index is 13.0. The highest BCUT2D eigenvalue weighted by atomic mass is 32.2. The van der Waals surface area contributed by atoms with E-state index in [1.54, 1.807) is 6.08 Å². The number of hydrogen-bond donors (Lipinski definition) is 0. The predicted molar refractivity (Wildman–Crippen MR) is 142 cm³/mol. The van der Waals surface area contributed by atoms with Crippen LogP contribution in [0.25, 0.3) is 17.0 Å². The van der Waals surface area contributed by atoms with Crippen LogP contribution in [0, 0.1) is 5.92 Å². The van der Waals surface area contributed by atoms with Gasteiger partial charge in [-0.05, 0) is 54.8 Å². The number of carbonyl (C=O) groups excluding carboxylic acids is 3. The Hall–Kier alpha value is -3.52. The number of benzene rings is 2. The van der Waals surface area contributed by atoms with E-state index in [4.69, 9.17) is 4.74 Å². The fourth-order valence-electron chi connectivity index (χ4n) is 4.63. The third-order valence-electron chi connectivity index (χ3n) is 6.75. The maximum Gasteiger partial charge on any atom is 0.293 e. The van der Waals surface area contributed by atoms with Gasteiger partial charge in [0.05, 0.1) is 11.4 Å². The van der Waals surface area contributed by atoms with Crippen LogP contribution >= 0.6 is 11.8 Å². The molecule has 2 fully saturated rings. The number of para-hydroxylation sites is 2. The Balaban J connectivity index is 1.31. The molecular weight excluding hydrogens is 474 g/mol. The van der Waals surface area contributed by atoms with Gasteiger partial charge < -0.3 is 14.2 Å². The number of rotatable bonds is 7. The summed E-state index contributed by atoms with van der Waals surface area (Å²) in [5, 5.41) is 0.637. The van der Waals surface area contributed by atoms with Crippen LogP contribution in [0.4, 0.5) is 4.79 Å². The molecule has 7 nitrogen and oxygen atoms in total. The van der Waals surface area contributed by atoms with E-state index >= 15 is 0 Å². The fourth-order valence-corrected chi connectivity index (χ4v) is 5.49. The molecule has 0 saturated carbocycles. The molecule has 0 unspecified atom stereocenters. The summed E-state index contributed by atoms with van der Waals surface area (Å²) in [7, 11) is 0. The van der Waals surface area contributed by atoms with E-state index in [2.05, 4.69) is 6.92 Å². The first kappa shape index (κ1) is 24.2. The van der Waals surface area contributed by atoms with Crippen LogP contribution in [-0.2, 0) is 16.1 Å². The quantitative estimate of drug-likeness (QED) is 0.424. The Kier molecular flexibility index (Phi) is 7.13. The third-order valence-corrected chi connectivity index (χ3v) is 7.66. The Morgan fingerprint density at radius 1 is 1.06 bits per heavy atom. The van der Waals surface area contributed by atoms with Crippen molar-refractivity contribution in [2.75, 3.05) is 26.2 Å². The molecule has 0 bridgehead atoms. The average molecular weight is 504 g/mol. The first-order valence-corrected chi connectivity index (χ1v) is 13.1. The lowest BCUT2D eigenvalue weighted by molar-refractivity contribution is -0.133. The van der Waals surface area contributed by atoms with Crippen molar-refractivity contribution >= 4 is 45.8 Å². The van der Waals surface area contributed by atoms with Crippen LogP contribution in [0.1, 0.15) is 25.3 Å². The summed E-state index contributed by atoms with van der Waals surface area (Å²) in [5.74, 6) is 1.14. The van der Waals surface area contributed by atoms with Crippen molar-refractivity contribution in [3.63, 3.8) is 0 Å². The molecule has 8 heteroatoms. The first-order valence-electron chi connectivity index (χ1n) is 12.3. The number of carbonyl (C=O) groups is 3. The van der Waals surface area contributed by atoms with Crippen molar-refractivity contribution in [3.05, 3.63) is 71.3 Å². The van der Waals surface area contributed by atoms with Crippen LogP contribution in [0.3, 0.4) is 0 Å². The van der Waals surface area contributed by atoms with Crippen LogP contribution in [0.2, 0.25) is 0 Å². The summed E-state index contributed by atoms with van der Waals surface area (Å²) in [5.41, 5.74) is 1.75. The van der Waals surface area contributed by atoms with Gasteiger partial charge in [0.1, 0.15) is 18.9 Å². The Morgan fingerprint density at radius 3 is 2.56 bits per heavy atom. The van der Waals surface area contributed by atoms with Gasteiger partial charge in [0, 0.05) is 35.8 Å². The Labute approximate surface area is 214 Å². The van der Waals surface area contributed by atoms with Crippen LogP contribution in [-0.4, -0.2) is 57.7 Å². The number of amides is 3. The highest BCUT2D eigenvalue weighted by Crippen LogP contribution is 2.34. The Bertz CT molecular complexity index is 1310. The van der Waals surface area contributed by atoms with E-state index in [1.807, 2.05) is 70.3 Å². The summed E-state index contributed by atoms with van der Waals surface area (Å²) < 4.78 is 7.60. The van der Waals surface area contributed by atoms with Crippen molar-refractivity contribution in [2.45, 2.75) is 26.3 Å². The Morgan fingerprint density at radius 2 is 1.78 bits per heavy atom. The number of ether oxygens (including phenoxy) is 1. The second-order valence-electron chi connectivity index (χ2n) is 9.29. The predicted octanol–water partition coefficient (Wildman–Crippen LogP) is 5.02. The fraction of sp³-hybridized carbons (Fsp3) is 0.321. The molecule has 2 aliphatic heterocycles. The number of aromatic nitrogens is 1. The highest BCUT2D eigenvalue weighted by molar-refractivity contribution is 8.18. The number of nitrogens with zero attached hydrogens (tertiary/aromatic N) is 3. The van der Waals surface area contributed by atoms with E-state index in [1.165, 1.54) is 4.90 Å². The van der Waals surface area contributed by atoms with Crippen molar-refractivity contribution < 1.29 is 19.1 Å². The van der Waals surface area contributed by atoms with Crippen molar-refractivity contribution in [3.8, 4) is 5.75 Å². The lowest BCUT2D eigenvalue weighted by Gasteiger charge is -2.30. The zero-order valence-electron chi connectivity index (χ0n) is 20.3. The van der Waals surface area contributed by atoms with Gasteiger partial charge in [0.25, 0.3) is 11.1 Å². The molecule has 186 valence electrons. The highest BCUT2D eigenvalue weighted by Gasteiger charge is 2.35. The van der Waals surface area contributed by atoms with E-state index in [0.29, 0.717) is 16.6 Å². The molecule has 2 aliphatic rings. The van der Waals surface area contributed by atoms with Gasteiger partial charge in [-0.2, -0.15) is 0 Å². The van der Waals surface area contributed by atoms with Gasteiger partial charge in [-0.3, -0.25) is 19.3 Å². The lowest BCUT2D eigenvalue weighted by atomic mass is 9.99.